The second-order valence-corrected chi connectivity index (χ2v) is 7.42. The first-order valence-electron chi connectivity index (χ1n) is 6.86. The first-order valence-corrected chi connectivity index (χ1v) is 6.86. The number of nitrogens with one attached hydrogen (secondary N) is 1. The molecule has 1 aromatic rings. The summed E-state index contributed by atoms with van der Waals surface area (Å²) in [6.45, 7) is 16.6. The van der Waals surface area contributed by atoms with Crippen LogP contribution in [0.5, 0.6) is 0 Å². The van der Waals surface area contributed by atoms with Crippen LogP contribution in [0.15, 0.2) is 12.1 Å². The van der Waals surface area contributed by atoms with Gasteiger partial charge in [-0.1, -0.05) is 26.8 Å². The average molecular weight is 261 g/mol. The molecule has 19 heavy (non-hydrogen) atoms. The van der Waals surface area contributed by atoms with E-state index in [4.69, 9.17) is 0 Å². The number of rotatable bonds is 1. The summed E-state index contributed by atoms with van der Waals surface area (Å²) >= 11 is 0. The lowest BCUT2D eigenvalue weighted by molar-refractivity contribution is 0.0918. The summed E-state index contributed by atoms with van der Waals surface area (Å²) in [5, 5.41) is 3.04. The molecular formula is C17H27NO. The monoisotopic (exact) mass is 261 g/mol. The predicted octanol–water partition coefficient (Wildman–Crippen LogP) is 4.13. The van der Waals surface area contributed by atoms with Crippen LogP contribution < -0.4 is 5.32 Å². The van der Waals surface area contributed by atoms with E-state index in [1.165, 1.54) is 11.1 Å². The van der Waals surface area contributed by atoms with Gasteiger partial charge in [0.15, 0.2) is 0 Å². The van der Waals surface area contributed by atoms with Gasteiger partial charge in [-0.2, -0.15) is 0 Å². The van der Waals surface area contributed by atoms with E-state index in [0.717, 1.165) is 11.1 Å². The minimum Gasteiger partial charge on any atom is -0.347 e. The van der Waals surface area contributed by atoms with Gasteiger partial charge >= 0.3 is 0 Å². The highest BCUT2D eigenvalue weighted by Gasteiger charge is 2.21. The maximum Gasteiger partial charge on any atom is 0.251 e. The molecule has 2 heteroatoms. The van der Waals surface area contributed by atoms with Gasteiger partial charge in [0.1, 0.15) is 0 Å². The Bertz CT molecular complexity index is 487. The molecule has 0 fully saturated rings. The zero-order chi connectivity index (χ0) is 15.0. The molecule has 0 saturated heterocycles. The van der Waals surface area contributed by atoms with Crippen molar-refractivity contribution >= 4 is 5.91 Å². The summed E-state index contributed by atoms with van der Waals surface area (Å²) < 4.78 is 0. The largest absolute Gasteiger partial charge is 0.347 e. The number of carbonyl (C=O) groups excluding carboxylic acids is 1. The first-order chi connectivity index (χ1) is 8.42. The summed E-state index contributed by atoms with van der Waals surface area (Å²) in [6.07, 6.45) is 0. The Kier molecular flexibility index (Phi) is 4.14. The number of aryl methyl sites for hydroxylation is 1. The molecule has 0 saturated carbocycles. The molecule has 0 atom stereocenters. The third-order valence-electron chi connectivity index (χ3n) is 3.27. The maximum absolute atomic E-state index is 12.4. The number of hydrogen-bond acceptors (Lipinski definition) is 1. The van der Waals surface area contributed by atoms with Crippen LogP contribution >= 0.6 is 0 Å². The quantitative estimate of drug-likeness (QED) is 0.809. The molecule has 0 heterocycles. The van der Waals surface area contributed by atoms with Crippen molar-refractivity contribution in [2.75, 3.05) is 0 Å². The van der Waals surface area contributed by atoms with Crippen molar-refractivity contribution in [1.82, 2.24) is 5.32 Å². The fourth-order valence-corrected chi connectivity index (χ4v) is 1.94. The Balaban J connectivity index is 3.28. The van der Waals surface area contributed by atoms with Crippen molar-refractivity contribution in [3.05, 3.63) is 34.4 Å². The standard InChI is InChI=1S/C17H27NO/c1-11-9-13(16(3,4)5)10-14(12(11)2)15(19)18-17(6,7)8/h9-10H,1-8H3,(H,18,19). The molecule has 0 bridgehead atoms. The van der Waals surface area contributed by atoms with Crippen molar-refractivity contribution in [3.8, 4) is 0 Å². The summed E-state index contributed by atoms with van der Waals surface area (Å²) in [5.74, 6) is 0.0131. The van der Waals surface area contributed by atoms with Gasteiger partial charge in [-0.15, -0.1) is 0 Å². The third-order valence-corrected chi connectivity index (χ3v) is 3.27. The average Bonchev–Trinajstić information content (AvgIpc) is 2.17. The molecule has 0 aliphatic carbocycles. The maximum atomic E-state index is 12.4. The van der Waals surface area contributed by atoms with E-state index in [-0.39, 0.29) is 16.9 Å². The van der Waals surface area contributed by atoms with Crippen molar-refractivity contribution in [3.63, 3.8) is 0 Å². The van der Waals surface area contributed by atoms with Crippen LogP contribution in [-0.4, -0.2) is 11.4 Å². The van der Waals surface area contributed by atoms with Gasteiger partial charge in [-0.3, -0.25) is 4.79 Å². The van der Waals surface area contributed by atoms with E-state index in [0.29, 0.717) is 0 Å². The van der Waals surface area contributed by atoms with Crippen LogP contribution in [0.2, 0.25) is 0 Å². The molecule has 1 amide bonds. The van der Waals surface area contributed by atoms with Gasteiger partial charge in [0.05, 0.1) is 0 Å². The van der Waals surface area contributed by atoms with E-state index >= 15 is 0 Å². The van der Waals surface area contributed by atoms with Crippen LogP contribution in [0.3, 0.4) is 0 Å². The van der Waals surface area contributed by atoms with Crippen LogP contribution in [0.4, 0.5) is 0 Å². The van der Waals surface area contributed by atoms with E-state index in [1.54, 1.807) is 0 Å². The molecule has 1 rings (SSSR count). The second-order valence-electron chi connectivity index (χ2n) is 7.42. The molecule has 0 radical (unpaired) electrons. The molecule has 2 nitrogen and oxygen atoms in total. The summed E-state index contributed by atoms with van der Waals surface area (Å²) in [5.41, 5.74) is 4.07. The highest BCUT2D eigenvalue weighted by molar-refractivity contribution is 5.96. The van der Waals surface area contributed by atoms with Crippen LogP contribution in [-0.2, 0) is 5.41 Å². The lowest BCUT2D eigenvalue weighted by atomic mass is 9.83. The van der Waals surface area contributed by atoms with Crippen LogP contribution in [0, 0.1) is 13.8 Å². The molecule has 106 valence electrons. The zero-order valence-corrected chi connectivity index (χ0v) is 13.6. The van der Waals surface area contributed by atoms with Crippen LogP contribution in [0.25, 0.3) is 0 Å². The molecule has 0 aliphatic rings. The SMILES string of the molecule is Cc1cc(C(C)(C)C)cc(C(=O)NC(C)(C)C)c1C. The summed E-state index contributed by atoms with van der Waals surface area (Å²) in [4.78, 5) is 12.4. The summed E-state index contributed by atoms with van der Waals surface area (Å²) in [6, 6.07) is 4.21. The number of amides is 1. The lowest BCUT2D eigenvalue weighted by Gasteiger charge is -2.24. The molecule has 0 aliphatic heterocycles. The van der Waals surface area contributed by atoms with Gasteiger partial charge < -0.3 is 5.32 Å². The number of carbonyl (C=O) groups is 1. The van der Waals surface area contributed by atoms with Crippen LogP contribution in [0.1, 0.15) is 68.6 Å². The molecule has 0 aromatic heterocycles. The third kappa shape index (κ3) is 4.09. The van der Waals surface area contributed by atoms with Crippen molar-refractivity contribution in [1.29, 1.82) is 0 Å². The van der Waals surface area contributed by atoms with Crippen molar-refractivity contribution in [2.24, 2.45) is 0 Å². The molecule has 1 N–H and O–H groups in total. The Morgan fingerprint density at radius 1 is 1.00 bits per heavy atom. The fraction of sp³-hybridized carbons (Fsp3) is 0.588. The van der Waals surface area contributed by atoms with E-state index in [2.05, 4.69) is 39.1 Å². The molecule has 1 aromatic carbocycles. The zero-order valence-electron chi connectivity index (χ0n) is 13.6. The summed E-state index contributed by atoms with van der Waals surface area (Å²) in [7, 11) is 0. The van der Waals surface area contributed by atoms with Crippen molar-refractivity contribution < 1.29 is 4.79 Å². The predicted molar refractivity (Wildman–Crippen MR) is 81.8 cm³/mol. The fourth-order valence-electron chi connectivity index (χ4n) is 1.94. The van der Waals surface area contributed by atoms with Gasteiger partial charge in [-0.25, -0.2) is 0 Å². The van der Waals surface area contributed by atoms with Gasteiger partial charge in [0, 0.05) is 11.1 Å². The molecular weight excluding hydrogens is 234 g/mol. The van der Waals surface area contributed by atoms with Gasteiger partial charge in [-0.05, 0) is 62.8 Å². The minimum atomic E-state index is -0.213. The number of hydrogen-bond donors (Lipinski definition) is 1. The highest BCUT2D eigenvalue weighted by Crippen LogP contribution is 2.27. The Morgan fingerprint density at radius 2 is 1.53 bits per heavy atom. The Labute approximate surface area is 117 Å². The Hall–Kier alpha value is -1.31. The Morgan fingerprint density at radius 3 is 1.95 bits per heavy atom. The van der Waals surface area contributed by atoms with E-state index in [9.17, 15) is 4.79 Å². The minimum absolute atomic E-state index is 0.0131. The van der Waals surface area contributed by atoms with Crippen molar-refractivity contribution in [2.45, 2.75) is 66.3 Å². The van der Waals surface area contributed by atoms with Gasteiger partial charge in [0.2, 0.25) is 0 Å². The first kappa shape index (κ1) is 15.7. The van der Waals surface area contributed by atoms with E-state index < -0.39 is 0 Å². The van der Waals surface area contributed by atoms with E-state index in [1.807, 2.05) is 33.8 Å². The topological polar surface area (TPSA) is 29.1 Å². The van der Waals surface area contributed by atoms with Gasteiger partial charge in [0.25, 0.3) is 5.91 Å². The highest BCUT2D eigenvalue weighted by atomic mass is 16.1. The number of benzene rings is 1. The molecule has 0 unspecified atom stereocenters. The smallest absolute Gasteiger partial charge is 0.251 e. The normalized spacial score (nSPS) is 12.4. The lowest BCUT2D eigenvalue weighted by Crippen LogP contribution is -2.41. The second kappa shape index (κ2) is 4.99. The molecule has 0 spiro atoms.